The molecule has 0 spiro atoms. The molecule has 0 bridgehead atoms. The van der Waals surface area contributed by atoms with Gasteiger partial charge in [-0.1, -0.05) is 59.6 Å². The van der Waals surface area contributed by atoms with Gasteiger partial charge < -0.3 is 19.7 Å². The van der Waals surface area contributed by atoms with Crippen LogP contribution in [0.5, 0.6) is 11.5 Å². The fourth-order valence-corrected chi connectivity index (χ4v) is 6.12. The largest absolute Gasteiger partial charge is 0.486 e. The zero-order valence-corrected chi connectivity index (χ0v) is 27.5. The number of ether oxygens (including phenoxy) is 2. The second kappa shape index (κ2) is 14.1. The lowest BCUT2D eigenvalue weighted by Crippen LogP contribution is -2.56. The summed E-state index contributed by atoms with van der Waals surface area (Å²) in [7, 11) is -3.94. The molecule has 1 N–H and O–H groups in total. The van der Waals surface area contributed by atoms with Crippen LogP contribution in [0.2, 0.25) is 10.0 Å². The van der Waals surface area contributed by atoms with Gasteiger partial charge in [-0.3, -0.25) is 13.9 Å². The molecule has 0 saturated heterocycles. The highest BCUT2D eigenvalue weighted by Gasteiger charge is 2.35. The number of nitrogens with one attached hydrogen (secondary N) is 1. The maximum Gasteiger partial charge on any atom is 0.244 e. The second-order valence-electron chi connectivity index (χ2n) is 11.5. The molecule has 9 nitrogen and oxygen atoms in total. The number of amides is 2. The van der Waals surface area contributed by atoms with E-state index in [1.165, 1.54) is 11.8 Å². The van der Waals surface area contributed by atoms with Gasteiger partial charge in [-0.15, -0.1) is 0 Å². The van der Waals surface area contributed by atoms with E-state index in [1.807, 2.05) is 51.1 Å². The standard InChI is InChI=1S/C32H37Cl2N3O6S/c1-5-44(40,41)37(24-12-14-28-29(19-24)43-16-15-42-28)21-30(38)36(20-23-11-13-25(33)26(34)17-23)27(31(39)35-32(2,3)4)18-22-9-7-6-8-10-22/h6-14,17,19,27H,5,15-16,18,20-21H2,1-4H3,(H,35,39). The molecule has 0 aliphatic carbocycles. The minimum absolute atomic E-state index is 0.0219. The van der Waals surface area contributed by atoms with Crippen molar-refractivity contribution < 1.29 is 27.5 Å². The van der Waals surface area contributed by atoms with Crippen LogP contribution in [0.3, 0.4) is 0 Å². The van der Waals surface area contributed by atoms with Gasteiger partial charge in [-0.05, 0) is 63.1 Å². The fraction of sp³-hybridized carbons (Fsp3) is 0.375. The van der Waals surface area contributed by atoms with Gasteiger partial charge in [0.15, 0.2) is 11.5 Å². The van der Waals surface area contributed by atoms with Crippen molar-refractivity contribution in [2.45, 2.75) is 52.2 Å². The number of carbonyl (C=O) groups is 2. The number of carbonyl (C=O) groups excluding carboxylic acids is 2. The van der Waals surface area contributed by atoms with E-state index in [0.717, 1.165) is 9.87 Å². The average Bonchev–Trinajstić information content (AvgIpc) is 2.98. The number of hydrogen-bond donors (Lipinski definition) is 1. The van der Waals surface area contributed by atoms with Crippen LogP contribution in [-0.2, 0) is 32.6 Å². The summed E-state index contributed by atoms with van der Waals surface area (Å²) >= 11 is 12.5. The molecule has 1 aliphatic rings. The first kappa shape index (κ1) is 33.4. The lowest BCUT2D eigenvalue weighted by atomic mass is 10.0. The van der Waals surface area contributed by atoms with E-state index in [-0.39, 0.29) is 30.3 Å². The van der Waals surface area contributed by atoms with E-state index in [4.69, 9.17) is 32.7 Å². The Balaban J connectivity index is 1.78. The van der Waals surface area contributed by atoms with E-state index in [0.29, 0.717) is 40.3 Å². The summed E-state index contributed by atoms with van der Waals surface area (Å²) in [5.41, 5.74) is 1.11. The Hall–Kier alpha value is -3.47. The van der Waals surface area contributed by atoms with Gasteiger partial charge in [0.05, 0.1) is 21.5 Å². The molecule has 236 valence electrons. The highest BCUT2D eigenvalue weighted by atomic mass is 35.5. The Labute approximate surface area is 269 Å². The Morgan fingerprint density at radius 2 is 1.59 bits per heavy atom. The lowest BCUT2D eigenvalue weighted by molar-refractivity contribution is -0.140. The minimum Gasteiger partial charge on any atom is -0.486 e. The Bertz CT molecular complexity index is 1600. The van der Waals surface area contributed by atoms with Gasteiger partial charge in [0.2, 0.25) is 21.8 Å². The maximum atomic E-state index is 14.4. The van der Waals surface area contributed by atoms with Crippen molar-refractivity contribution in [3.63, 3.8) is 0 Å². The maximum absolute atomic E-state index is 14.4. The summed E-state index contributed by atoms with van der Waals surface area (Å²) in [6, 6.07) is 18.1. The van der Waals surface area contributed by atoms with Crippen LogP contribution in [0.15, 0.2) is 66.7 Å². The van der Waals surface area contributed by atoms with E-state index in [9.17, 15) is 18.0 Å². The first-order chi connectivity index (χ1) is 20.8. The molecule has 0 fully saturated rings. The summed E-state index contributed by atoms with van der Waals surface area (Å²) < 4.78 is 39.2. The molecule has 0 radical (unpaired) electrons. The average molecular weight is 663 g/mol. The normalized spacial score (nSPS) is 13.6. The van der Waals surface area contributed by atoms with E-state index >= 15 is 0 Å². The summed E-state index contributed by atoms with van der Waals surface area (Å²) in [5, 5.41) is 3.64. The van der Waals surface area contributed by atoms with Crippen LogP contribution >= 0.6 is 23.2 Å². The van der Waals surface area contributed by atoms with Crippen molar-refractivity contribution in [2.75, 3.05) is 29.8 Å². The van der Waals surface area contributed by atoms with Gasteiger partial charge in [0, 0.05) is 24.6 Å². The molecule has 3 aromatic rings. The van der Waals surface area contributed by atoms with Gasteiger partial charge in [-0.25, -0.2) is 8.42 Å². The van der Waals surface area contributed by atoms with Crippen LogP contribution < -0.4 is 19.1 Å². The van der Waals surface area contributed by atoms with Crippen molar-refractivity contribution in [3.05, 3.63) is 87.9 Å². The summed E-state index contributed by atoms with van der Waals surface area (Å²) in [6.07, 6.45) is 0.195. The van der Waals surface area contributed by atoms with Crippen LogP contribution in [0.25, 0.3) is 0 Å². The summed E-state index contributed by atoms with van der Waals surface area (Å²) in [4.78, 5) is 29.6. The molecule has 2 amide bonds. The Morgan fingerprint density at radius 1 is 0.909 bits per heavy atom. The quantitative estimate of drug-likeness (QED) is 0.292. The zero-order valence-electron chi connectivity index (χ0n) is 25.2. The number of fused-ring (bicyclic) bond motifs is 1. The molecule has 1 heterocycles. The van der Waals surface area contributed by atoms with Gasteiger partial charge in [-0.2, -0.15) is 0 Å². The third kappa shape index (κ3) is 8.58. The highest BCUT2D eigenvalue weighted by molar-refractivity contribution is 7.92. The summed E-state index contributed by atoms with van der Waals surface area (Å²) in [6.45, 7) is 7.19. The second-order valence-corrected chi connectivity index (χ2v) is 14.4. The molecular formula is C32H37Cl2N3O6S. The first-order valence-corrected chi connectivity index (χ1v) is 16.6. The number of rotatable bonds is 11. The predicted octanol–water partition coefficient (Wildman–Crippen LogP) is 5.48. The topological polar surface area (TPSA) is 105 Å². The highest BCUT2D eigenvalue weighted by Crippen LogP contribution is 2.35. The van der Waals surface area contributed by atoms with Crippen LogP contribution in [0.4, 0.5) is 5.69 Å². The molecule has 1 aliphatic heterocycles. The molecule has 4 rings (SSSR count). The third-order valence-corrected chi connectivity index (χ3v) is 9.38. The smallest absolute Gasteiger partial charge is 0.244 e. The van der Waals surface area contributed by atoms with Crippen molar-refractivity contribution in [2.24, 2.45) is 0 Å². The molecule has 1 atom stereocenters. The number of halogens is 2. The molecule has 0 aromatic heterocycles. The van der Waals surface area contributed by atoms with E-state index in [2.05, 4.69) is 5.32 Å². The molecular weight excluding hydrogens is 625 g/mol. The Morgan fingerprint density at radius 3 is 2.23 bits per heavy atom. The van der Waals surface area contributed by atoms with Gasteiger partial charge in [0.1, 0.15) is 25.8 Å². The van der Waals surface area contributed by atoms with Gasteiger partial charge in [0.25, 0.3) is 0 Å². The molecule has 0 saturated carbocycles. The summed E-state index contributed by atoms with van der Waals surface area (Å²) in [5.74, 6) is -0.328. The third-order valence-electron chi connectivity index (χ3n) is 6.90. The van der Waals surface area contributed by atoms with Gasteiger partial charge >= 0.3 is 0 Å². The van der Waals surface area contributed by atoms with E-state index < -0.39 is 34.1 Å². The van der Waals surface area contributed by atoms with Crippen molar-refractivity contribution in [1.29, 1.82) is 0 Å². The minimum atomic E-state index is -3.94. The molecule has 44 heavy (non-hydrogen) atoms. The van der Waals surface area contributed by atoms with Crippen molar-refractivity contribution in [1.82, 2.24) is 10.2 Å². The van der Waals surface area contributed by atoms with Crippen LogP contribution in [0, 0.1) is 0 Å². The first-order valence-electron chi connectivity index (χ1n) is 14.3. The monoisotopic (exact) mass is 661 g/mol. The van der Waals surface area contributed by atoms with Crippen molar-refractivity contribution in [3.8, 4) is 11.5 Å². The Kier molecular flexibility index (Phi) is 10.7. The lowest BCUT2D eigenvalue weighted by Gasteiger charge is -2.35. The SMILES string of the molecule is CCS(=O)(=O)N(CC(=O)N(Cc1ccc(Cl)c(Cl)c1)C(Cc1ccccc1)C(=O)NC(C)(C)C)c1ccc2c(c1)OCCO2. The molecule has 3 aromatic carbocycles. The predicted molar refractivity (Wildman–Crippen MR) is 173 cm³/mol. The number of sulfonamides is 1. The fourth-order valence-electron chi connectivity index (χ4n) is 4.75. The van der Waals surface area contributed by atoms with Crippen LogP contribution in [0.1, 0.15) is 38.8 Å². The number of hydrogen-bond acceptors (Lipinski definition) is 6. The van der Waals surface area contributed by atoms with Crippen molar-refractivity contribution >= 4 is 50.7 Å². The molecule has 1 unspecified atom stereocenters. The molecule has 12 heteroatoms. The number of nitrogens with zero attached hydrogens (tertiary/aromatic N) is 2. The zero-order chi connectivity index (χ0) is 32.1. The number of benzene rings is 3. The number of anilines is 1. The van der Waals surface area contributed by atoms with Crippen LogP contribution in [-0.4, -0.2) is 62.2 Å². The van der Waals surface area contributed by atoms with E-state index in [1.54, 1.807) is 36.4 Å².